The molecule has 2 aliphatic heterocycles. The summed E-state index contributed by atoms with van der Waals surface area (Å²) in [6.45, 7) is 5.14. The second-order valence-corrected chi connectivity index (χ2v) is 10.7. The second kappa shape index (κ2) is 12.4. The molecule has 1 aliphatic carbocycles. The average molecular weight is 502 g/mol. The lowest BCUT2D eigenvalue weighted by atomic mass is 9.78. The summed E-state index contributed by atoms with van der Waals surface area (Å²) >= 11 is 0. The van der Waals surface area contributed by atoms with E-state index in [0.29, 0.717) is 19.4 Å². The van der Waals surface area contributed by atoms with Crippen LogP contribution in [0.15, 0.2) is 24.3 Å². The second-order valence-electron chi connectivity index (χ2n) is 10.7. The molecule has 2 heterocycles. The molecule has 3 fully saturated rings. The summed E-state index contributed by atoms with van der Waals surface area (Å²) in [5, 5.41) is 23.0. The molecule has 2 atom stereocenters. The highest BCUT2D eigenvalue weighted by Gasteiger charge is 2.55. The molecule has 8 nitrogen and oxygen atoms in total. The lowest BCUT2D eigenvalue weighted by Gasteiger charge is -2.52. The quantitative estimate of drug-likeness (QED) is 0.455. The Morgan fingerprint density at radius 1 is 1.11 bits per heavy atom. The van der Waals surface area contributed by atoms with Gasteiger partial charge in [0, 0.05) is 26.2 Å². The van der Waals surface area contributed by atoms with Gasteiger partial charge in [0.05, 0.1) is 12.7 Å². The number of amides is 2. The zero-order valence-corrected chi connectivity index (χ0v) is 21.7. The molecule has 8 heteroatoms. The van der Waals surface area contributed by atoms with Crippen LogP contribution in [0.4, 0.5) is 0 Å². The Bertz CT molecular complexity index is 862. The van der Waals surface area contributed by atoms with Crippen molar-refractivity contribution >= 4 is 11.8 Å². The summed E-state index contributed by atoms with van der Waals surface area (Å²) in [6.07, 6.45) is 7.35. The number of unbranched alkanes of at least 4 members (excludes halogenated alkanes) is 1. The van der Waals surface area contributed by atoms with Crippen molar-refractivity contribution < 1.29 is 24.5 Å². The zero-order valence-electron chi connectivity index (χ0n) is 21.7. The number of nitrogens with zero attached hydrogens (tertiary/aromatic N) is 2. The third-order valence-corrected chi connectivity index (χ3v) is 8.34. The summed E-state index contributed by atoms with van der Waals surface area (Å²) in [6, 6.07) is 7.05. The number of rotatable bonds is 10. The van der Waals surface area contributed by atoms with Crippen LogP contribution in [0, 0.1) is 5.92 Å². The molecule has 0 aromatic heterocycles. The number of carbonyl (C=O) groups excluding carboxylic acids is 2. The number of benzene rings is 1. The first kappa shape index (κ1) is 26.9. The summed E-state index contributed by atoms with van der Waals surface area (Å²) in [5.74, 6) is 0.618. The third-order valence-electron chi connectivity index (χ3n) is 8.34. The molecule has 2 amide bonds. The standard InChI is InChI=1S/C28H43N3O5/c1-2-3-15-31-26(34)24(25(33)22-7-5-4-6-8-22)29-27(35)28(31)13-16-30(17-14-28)20-21-9-11-23(12-10-21)36-19-18-32/h9-12,22,24-25,32-33H,2-8,13-20H2,1H3,(H,29,35)/t24-,25-/m1/s1. The van der Waals surface area contributed by atoms with E-state index in [1.165, 1.54) is 6.42 Å². The van der Waals surface area contributed by atoms with Crippen LogP contribution in [-0.2, 0) is 16.1 Å². The first-order valence-electron chi connectivity index (χ1n) is 13.8. The maximum atomic E-state index is 13.7. The van der Waals surface area contributed by atoms with Gasteiger partial charge in [-0.15, -0.1) is 0 Å². The van der Waals surface area contributed by atoms with Crippen LogP contribution in [0.25, 0.3) is 0 Å². The fraction of sp³-hybridized carbons (Fsp3) is 0.714. The molecule has 0 unspecified atom stereocenters. The largest absolute Gasteiger partial charge is 0.491 e. The maximum absolute atomic E-state index is 13.7. The molecule has 3 N–H and O–H groups in total. The number of carbonyl (C=O) groups is 2. The van der Waals surface area contributed by atoms with E-state index in [1.54, 1.807) is 0 Å². The average Bonchev–Trinajstić information content (AvgIpc) is 2.91. The number of likely N-dealkylation sites (tertiary alicyclic amines) is 1. The van der Waals surface area contributed by atoms with E-state index in [1.807, 2.05) is 29.2 Å². The van der Waals surface area contributed by atoms with Crippen LogP contribution in [0.1, 0.15) is 70.3 Å². The SMILES string of the molecule is CCCCN1C(=O)[C@@H]([C@H](O)C2CCCCC2)NC(=O)C12CCN(Cc1ccc(OCCO)cc1)CC2. The Kier molecular flexibility index (Phi) is 9.25. The number of hydrogen-bond donors (Lipinski definition) is 3. The molecule has 4 rings (SSSR count). The van der Waals surface area contributed by atoms with Gasteiger partial charge in [0.2, 0.25) is 11.8 Å². The Hall–Kier alpha value is -2.16. The monoisotopic (exact) mass is 501 g/mol. The van der Waals surface area contributed by atoms with Crippen molar-refractivity contribution in [1.29, 1.82) is 0 Å². The van der Waals surface area contributed by atoms with Crippen molar-refractivity contribution in [1.82, 2.24) is 15.1 Å². The van der Waals surface area contributed by atoms with Gasteiger partial charge in [0.25, 0.3) is 0 Å². The topological polar surface area (TPSA) is 102 Å². The normalized spacial score (nSPS) is 24.1. The predicted octanol–water partition coefficient (Wildman–Crippen LogP) is 2.46. The van der Waals surface area contributed by atoms with E-state index in [4.69, 9.17) is 9.84 Å². The molecule has 200 valence electrons. The fourth-order valence-corrected chi connectivity index (χ4v) is 6.15. The predicted molar refractivity (Wildman–Crippen MR) is 137 cm³/mol. The highest BCUT2D eigenvalue weighted by molar-refractivity contribution is 6.00. The molecule has 1 aromatic rings. The highest BCUT2D eigenvalue weighted by Crippen LogP contribution is 2.36. The van der Waals surface area contributed by atoms with Gasteiger partial charge in [-0.1, -0.05) is 44.7 Å². The van der Waals surface area contributed by atoms with E-state index in [0.717, 1.165) is 69.5 Å². The Balaban J connectivity index is 1.41. The number of hydrogen-bond acceptors (Lipinski definition) is 6. The molecule has 1 aromatic carbocycles. The summed E-state index contributed by atoms with van der Waals surface area (Å²) < 4.78 is 5.44. The molecule has 0 radical (unpaired) electrons. The van der Waals surface area contributed by atoms with E-state index < -0.39 is 17.7 Å². The van der Waals surface area contributed by atoms with Crippen molar-refractivity contribution in [2.45, 2.75) is 88.9 Å². The van der Waals surface area contributed by atoms with Crippen LogP contribution in [0.3, 0.4) is 0 Å². The first-order valence-corrected chi connectivity index (χ1v) is 13.8. The molecule has 1 saturated carbocycles. The minimum atomic E-state index is -0.826. The van der Waals surface area contributed by atoms with Gasteiger partial charge in [-0.2, -0.15) is 0 Å². The Morgan fingerprint density at radius 2 is 1.81 bits per heavy atom. The van der Waals surface area contributed by atoms with Crippen LogP contribution >= 0.6 is 0 Å². The molecule has 2 saturated heterocycles. The molecule has 36 heavy (non-hydrogen) atoms. The van der Waals surface area contributed by atoms with Crippen molar-refractivity contribution in [2.24, 2.45) is 5.92 Å². The lowest BCUT2D eigenvalue weighted by Crippen LogP contribution is -2.75. The third kappa shape index (κ3) is 5.87. The van der Waals surface area contributed by atoms with Crippen LogP contribution in [0.2, 0.25) is 0 Å². The summed E-state index contributed by atoms with van der Waals surface area (Å²) in [4.78, 5) is 31.5. The molecule has 0 bridgehead atoms. The number of nitrogens with one attached hydrogen (secondary N) is 1. The van der Waals surface area contributed by atoms with Gasteiger partial charge in [0.1, 0.15) is 23.9 Å². The van der Waals surface area contributed by atoms with Gasteiger partial charge in [-0.05, 0) is 55.7 Å². The number of aliphatic hydroxyl groups excluding tert-OH is 2. The molecule has 3 aliphatic rings. The molecule has 1 spiro atoms. The number of piperazine rings is 1. The van der Waals surface area contributed by atoms with Gasteiger partial charge >= 0.3 is 0 Å². The van der Waals surface area contributed by atoms with E-state index in [9.17, 15) is 14.7 Å². The van der Waals surface area contributed by atoms with Crippen molar-refractivity contribution in [2.75, 3.05) is 32.8 Å². The van der Waals surface area contributed by atoms with Crippen molar-refractivity contribution in [3.05, 3.63) is 29.8 Å². The molecular formula is C28H43N3O5. The lowest BCUT2D eigenvalue weighted by molar-refractivity contribution is -0.166. The first-order chi connectivity index (χ1) is 17.5. The fourth-order valence-electron chi connectivity index (χ4n) is 6.15. The van der Waals surface area contributed by atoms with Gasteiger partial charge < -0.3 is 25.2 Å². The molecular weight excluding hydrogens is 458 g/mol. The zero-order chi connectivity index (χ0) is 25.5. The minimum Gasteiger partial charge on any atom is -0.491 e. The number of ether oxygens (including phenoxy) is 1. The summed E-state index contributed by atoms with van der Waals surface area (Å²) in [7, 11) is 0. The number of piperidine rings is 1. The highest BCUT2D eigenvalue weighted by atomic mass is 16.5. The summed E-state index contributed by atoms with van der Waals surface area (Å²) in [5.41, 5.74) is 0.332. The Labute approximate surface area is 215 Å². The van der Waals surface area contributed by atoms with Crippen molar-refractivity contribution in [3.8, 4) is 5.75 Å². The van der Waals surface area contributed by atoms with Crippen LogP contribution < -0.4 is 10.1 Å². The number of aliphatic hydroxyl groups is 2. The smallest absolute Gasteiger partial charge is 0.248 e. The van der Waals surface area contributed by atoms with Crippen LogP contribution in [-0.4, -0.2) is 82.4 Å². The van der Waals surface area contributed by atoms with Gasteiger partial charge in [-0.25, -0.2) is 0 Å². The minimum absolute atomic E-state index is 0.0110. The maximum Gasteiger partial charge on any atom is 0.248 e. The van der Waals surface area contributed by atoms with E-state index in [2.05, 4.69) is 17.1 Å². The van der Waals surface area contributed by atoms with Gasteiger partial charge in [-0.3, -0.25) is 14.5 Å². The van der Waals surface area contributed by atoms with Gasteiger partial charge in [0.15, 0.2) is 0 Å². The van der Waals surface area contributed by atoms with E-state index >= 15 is 0 Å². The van der Waals surface area contributed by atoms with Crippen molar-refractivity contribution in [3.63, 3.8) is 0 Å². The van der Waals surface area contributed by atoms with E-state index in [-0.39, 0.29) is 30.9 Å². The van der Waals surface area contributed by atoms with Crippen LogP contribution in [0.5, 0.6) is 5.75 Å². The Morgan fingerprint density at radius 3 is 2.44 bits per heavy atom.